The fraction of sp³-hybridized carbons (Fsp3) is 0.917. The molecule has 8 heteroatoms. The summed E-state index contributed by atoms with van der Waals surface area (Å²) < 4.78 is 3.36. The number of piperidine rings is 1. The van der Waals surface area contributed by atoms with Crippen LogP contribution in [0.1, 0.15) is 32.6 Å². The highest BCUT2D eigenvalue weighted by Gasteiger charge is 2.35. The number of amides is 1. The maximum atomic E-state index is 12.1. The van der Waals surface area contributed by atoms with E-state index in [-0.39, 0.29) is 25.3 Å². The predicted octanol–water partition coefficient (Wildman–Crippen LogP) is 2.48. The molecule has 118 valence electrons. The molecule has 0 spiro atoms. The lowest BCUT2D eigenvalue weighted by Crippen LogP contribution is -2.50. The molecule has 1 amide bonds. The Morgan fingerprint density at radius 1 is 1.45 bits per heavy atom. The van der Waals surface area contributed by atoms with E-state index in [2.05, 4.69) is 0 Å². The molecular weight excluding hydrogens is 328 g/mol. The van der Waals surface area contributed by atoms with Crippen LogP contribution in [0.5, 0.6) is 0 Å². The third-order valence-electron chi connectivity index (χ3n) is 3.35. The van der Waals surface area contributed by atoms with Crippen LogP contribution >= 0.6 is 34.8 Å². The van der Waals surface area contributed by atoms with E-state index >= 15 is 0 Å². The van der Waals surface area contributed by atoms with Crippen molar-refractivity contribution < 1.29 is 19.7 Å². The summed E-state index contributed by atoms with van der Waals surface area (Å²) in [6.45, 7) is 1.25. The fourth-order valence-electron chi connectivity index (χ4n) is 2.45. The standard InChI is InChI=1S/C12H20Cl3NO4/c1-8-3-2-4-9(5-10(18)6-17)16(8)11(19)20-7-12(13,14)15/h8-10,17-18H,2-7H2,1H3/t8-,9+,10+/m1/s1. The minimum absolute atomic E-state index is 0.0116. The first-order valence-corrected chi connectivity index (χ1v) is 7.68. The molecule has 1 fully saturated rings. The fourth-order valence-corrected chi connectivity index (χ4v) is 2.62. The molecular formula is C12H20Cl3NO4. The molecule has 0 aromatic carbocycles. The largest absolute Gasteiger partial charge is 0.445 e. The van der Waals surface area contributed by atoms with E-state index in [1.54, 1.807) is 4.90 Å². The third-order valence-corrected chi connectivity index (χ3v) is 3.68. The number of likely N-dealkylation sites (tertiary alicyclic amines) is 1. The van der Waals surface area contributed by atoms with Crippen LogP contribution in [0.25, 0.3) is 0 Å². The number of carbonyl (C=O) groups excluding carboxylic acids is 1. The summed E-state index contributed by atoms with van der Waals surface area (Å²) in [4.78, 5) is 13.7. The van der Waals surface area contributed by atoms with Gasteiger partial charge in [-0.25, -0.2) is 4.79 Å². The molecule has 1 heterocycles. The average Bonchev–Trinajstić information content (AvgIpc) is 2.35. The highest BCUT2D eigenvalue weighted by Crippen LogP contribution is 2.29. The second-order valence-corrected chi connectivity index (χ2v) is 7.60. The number of halogens is 3. The number of aliphatic hydroxyl groups excluding tert-OH is 2. The second kappa shape index (κ2) is 7.90. The Morgan fingerprint density at radius 2 is 2.10 bits per heavy atom. The summed E-state index contributed by atoms with van der Waals surface area (Å²) in [6.07, 6.45) is 1.47. The molecule has 0 aromatic rings. The maximum Gasteiger partial charge on any atom is 0.410 e. The Bertz CT molecular complexity index is 324. The molecule has 1 rings (SSSR count). The molecule has 1 saturated heterocycles. The predicted molar refractivity (Wildman–Crippen MR) is 78.3 cm³/mol. The van der Waals surface area contributed by atoms with Crippen LogP contribution in [0.4, 0.5) is 4.79 Å². The monoisotopic (exact) mass is 347 g/mol. The molecule has 2 N–H and O–H groups in total. The molecule has 0 aliphatic carbocycles. The van der Waals surface area contributed by atoms with Crippen LogP contribution in [0.3, 0.4) is 0 Å². The van der Waals surface area contributed by atoms with E-state index in [9.17, 15) is 9.90 Å². The van der Waals surface area contributed by atoms with Gasteiger partial charge in [0.1, 0.15) is 6.61 Å². The number of carbonyl (C=O) groups is 1. The first-order valence-electron chi connectivity index (χ1n) is 6.55. The normalized spacial score (nSPS) is 25.4. The smallest absolute Gasteiger partial charge is 0.410 e. The van der Waals surface area contributed by atoms with E-state index in [0.29, 0.717) is 6.42 Å². The number of nitrogens with zero attached hydrogens (tertiary/aromatic N) is 1. The van der Waals surface area contributed by atoms with Gasteiger partial charge in [-0.15, -0.1) is 0 Å². The second-order valence-electron chi connectivity index (χ2n) is 5.08. The van der Waals surface area contributed by atoms with E-state index in [4.69, 9.17) is 44.6 Å². The van der Waals surface area contributed by atoms with E-state index in [1.807, 2.05) is 6.92 Å². The van der Waals surface area contributed by atoms with Gasteiger partial charge in [-0.1, -0.05) is 34.8 Å². The lowest BCUT2D eigenvalue weighted by molar-refractivity contribution is 0.0180. The van der Waals surface area contributed by atoms with Gasteiger partial charge < -0.3 is 19.8 Å². The maximum absolute atomic E-state index is 12.1. The van der Waals surface area contributed by atoms with E-state index in [0.717, 1.165) is 19.3 Å². The minimum atomic E-state index is -1.64. The number of hydrogen-bond donors (Lipinski definition) is 2. The summed E-state index contributed by atoms with van der Waals surface area (Å²) in [5.74, 6) is 0. The van der Waals surface area contributed by atoms with Crippen molar-refractivity contribution in [1.82, 2.24) is 4.90 Å². The molecule has 1 aliphatic rings. The van der Waals surface area contributed by atoms with Crippen molar-refractivity contribution in [1.29, 1.82) is 0 Å². The lowest BCUT2D eigenvalue weighted by Gasteiger charge is -2.40. The van der Waals surface area contributed by atoms with Gasteiger partial charge >= 0.3 is 6.09 Å². The van der Waals surface area contributed by atoms with Gasteiger partial charge in [0.2, 0.25) is 3.79 Å². The lowest BCUT2D eigenvalue weighted by atomic mass is 9.93. The zero-order chi connectivity index (χ0) is 15.3. The van der Waals surface area contributed by atoms with Gasteiger partial charge in [0.15, 0.2) is 0 Å². The van der Waals surface area contributed by atoms with Crippen LogP contribution in [0, 0.1) is 0 Å². The Balaban J connectivity index is 2.66. The van der Waals surface area contributed by atoms with Crippen molar-refractivity contribution >= 4 is 40.9 Å². The van der Waals surface area contributed by atoms with Gasteiger partial charge in [-0.2, -0.15) is 0 Å². The Hall–Kier alpha value is 0.0600. The van der Waals surface area contributed by atoms with Crippen molar-refractivity contribution in [3.8, 4) is 0 Å². The van der Waals surface area contributed by atoms with Gasteiger partial charge in [0.25, 0.3) is 0 Å². The van der Waals surface area contributed by atoms with Crippen molar-refractivity contribution in [3.63, 3.8) is 0 Å². The first-order chi connectivity index (χ1) is 9.24. The third kappa shape index (κ3) is 5.82. The molecule has 1 aliphatic heterocycles. The van der Waals surface area contributed by atoms with Crippen LogP contribution in [0.2, 0.25) is 0 Å². The molecule has 5 nitrogen and oxygen atoms in total. The van der Waals surface area contributed by atoms with Gasteiger partial charge in [-0.3, -0.25) is 0 Å². The number of hydrogen-bond acceptors (Lipinski definition) is 4. The van der Waals surface area contributed by atoms with Crippen molar-refractivity contribution in [2.45, 2.75) is 54.6 Å². The summed E-state index contributed by atoms with van der Waals surface area (Å²) in [5.41, 5.74) is 0. The molecule has 0 saturated carbocycles. The highest BCUT2D eigenvalue weighted by atomic mass is 35.6. The Labute approximate surface area is 133 Å². The van der Waals surface area contributed by atoms with Crippen molar-refractivity contribution in [2.75, 3.05) is 13.2 Å². The molecule has 3 atom stereocenters. The van der Waals surface area contributed by atoms with Crippen LogP contribution < -0.4 is 0 Å². The SMILES string of the molecule is C[C@@H]1CCC[C@@H](C[C@H](O)CO)N1C(=O)OCC(Cl)(Cl)Cl. The van der Waals surface area contributed by atoms with Crippen molar-refractivity contribution in [3.05, 3.63) is 0 Å². The zero-order valence-corrected chi connectivity index (χ0v) is 13.5. The van der Waals surface area contributed by atoms with Gasteiger partial charge in [-0.05, 0) is 32.6 Å². The molecule has 0 bridgehead atoms. The number of ether oxygens (including phenoxy) is 1. The van der Waals surface area contributed by atoms with E-state index in [1.165, 1.54) is 0 Å². The van der Waals surface area contributed by atoms with Crippen molar-refractivity contribution in [2.24, 2.45) is 0 Å². The Morgan fingerprint density at radius 3 is 2.65 bits per heavy atom. The average molecular weight is 349 g/mol. The molecule has 0 radical (unpaired) electrons. The highest BCUT2D eigenvalue weighted by molar-refractivity contribution is 6.67. The topological polar surface area (TPSA) is 70.0 Å². The molecule has 0 aromatic heterocycles. The minimum Gasteiger partial charge on any atom is -0.445 e. The van der Waals surface area contributed by atoms with Gasteiger partial charge in [0.05, 0.1) is 12.7 Å². The summed E-state index contributed by atoms with van der Waals surface area (Å²) in [6, 6.07) is -0.189. The van der Waals surface area contributed by atoms with E-state index < -0.39 is 16.0 Å². The number of rotatable bonds is 4. The molecule has 0 unspecified atom stereocenters. The number of alkyl halides is 3. The summed E-state index contributed by atoms with van der Waals surface area (Å²) in [7, 11) is 0. The number of aliphatic hydroxyl groups is 2. The van der Waals surface area contributed by atoms with Crippen LogP contribution in [-0.2, 0) is 4.74 Å². The first kappa shape index (κ1) is 18.1. The quantitative estimate of drug-likeness (QED) is 0.766. The van der Waals surface area contributed by atoms with Gasteiger partial charge in [0, 0.05) is 12.1 Å². The van der Waals surface area contributed by atoms with Crippen LogP contribution in [0.15, 0.2) is 0 Å². The molecule has 20 heavy (non-hydrogen) atoms. The summed E-state index contributed by atoms with van der Waals surface area (Å²) >= 11 is 16.7. The Kier molecular flexibility index (Phi) is 7.15. The summed E-state index contributed by atoms with van der Waals surface area (Å²) in [5, 5.41) is 18.5. The van der Waals surface area contributed by atoms with Crippen LogP contribution in [-0.4, -0.2) is 56.4 Å². The zero-order valence-electron chi connectivity index (χ0n) is 11.3.